The van der Waals surface area contributed by atoms with Gasteiger partial charge in [-0.1, -0.05) is 6.92 Å². The largest absolute Gasteiger partial charge is 0.399 e. The molecule has 1 aromatic rings. The highest BCUT2D eigenvalue weighted by Crippen LogP contribution is 2.17. The summed E-state index contributed by atoms with van der Waals surface area (Å²) in [7, 11) is 0. The molecule has 1 rings (SSSR count). The summed E-state index contributed by atoms with van der Waals surface area (Å²) in [4.78, 5) is 14.2. The van der Waals surface area contributed by atoms with Crippen LogP contribution in [0.3, 0.4) is 0 Å². The highest BCUT2D eigenvalue weighted by molar-refractivity contribution is 5.91. The summed E-state index contributed by atoms with van der Waals surface area (Å²) in [6, 6.07) is 5.47. The number of anilines is 2. The average Bonchev–Trinajstić information content (AvgIpc) is 2.45. The number of nitrogen functional groups attached to an aromatic ring is 1. The van der Waals surface area contributed by atoms with Gasteiger partial charge in [-0.25, -0.2) is 0 Å². The SMILES string of the molecule is CCN(CCCO)CCCC(=O)Nc1ccc(N)cc1C. The normalized spacial score (nSPS) is 10.9. The third kappa shape index (κ3) is 6.60. The fraction of sp³-hybridized carbons (Fsp3) is 0.562. The Labute approximate surface area is 127 Å². The molecule has 21 heavy (non-hydrogen) atoms. The fourth-order valence-electron chi connectivity index (χ4n) is 2.23. The molecule has 0 radical (unpaired) electrons. The van der Waals surface area contributed by atoms with Gasteiger partial charge in [-0.15, -0.1) is 0 Å². The predicted molar refractivity (Wildman–Crippen MR) is 87.3 cm³/mol. The van der Waals surface area contributed by atoms with E-state index < -0.39 is 0 Å². The molecule has 0 aliphatic rings. The first-order chi connectivity index (χ1) is 10.1. The van der Waals surface area contributed by atoms with Crippen LogP contribution in [0, 0.1) is 6.92 Å². The second-order valence-corrected chi connectivity index (χ2v) is 5.24. The molecule has 0 saturated carbocycles. The Morgan fingerprint density at radius 1 is 1.33 bits per heavy atom. The third-order valence-corrected chi connectivity index (χ3v) is 3.48. The van der Waals surface area contributed by atoms with Crippen molar-refractivity contribution in [2.45, 2.75) is 33.1 Å². The Balaban J connectivity index is 2.33. The number of rotatable bonds is 9. The molecule has 0 aromatic heterocycles. The Morgan fingerprint density at radius 2 is 2.05 bits per heavy atom. The molecular weight excluding hydrogens is 266 g/mol. The number of hydrogen-bond donors (Lipinski definition) is 3. The van der Waals surface area contributed by atoms with Gasteiger partial charge in [0, 0.05) is 30.9 Å². The van der Waals surface area contributed by atoms with Crippen molar-refractivity contribution < 1.29 is 9.90 Å². The van der Waals surface area contributed by atoms with E-state index in [1.54, 1.807) is 6.07 Å². The first-order valence-electron chi connectivity index (χ1n) is 7.56. The van der Waals surface area contributed by atoms with E-state index in [9.17, 15) is 4.79 Å². The second-order valence-electron chi connectivity index (χ2n) is 5.24. The predicted octanol–water partition coefficient (Wildman–Crippen LogP) is 2.00. The van der Waals surface area contributed by atoms with Crippen molar-refractivity contribution in [1.29, 1.82) is 0 Å². The van der Waals surface area contributed by atoms with E-state index in [0.717, 1.165) is 43.7 Å². The van der Waals surface area contributed by atoms with Gasteiger partial charge in [-0.3, -0.25) is 4.79 Å². The zero-order chi connectivity index (χ0) is 15.7. The lowest BCUT2D eigenvalue weighted by Crippen LogP contribution is -2.27. The van der Waals surface area contributed by atoms with Crippen molar-refractivity contribution in [2.24, 2.45) is 0 Å². The minimum absolute atomic E-state index is 0.0288. The molecule has 0 spiro atoms. The van der Waals surface area contributed by atoms with Gasteiger partial charge >= 0.3 is 0 Å². The molecule has 4 N–H and O–H groups in total. The molecular formula is C16H27N3O2. The highest BCUT2D eigenvalue weighted by Gasteiger charge is 2.07. The molecule has 0 fully saturated rings. The number of nitrogens with zero attached hydrogens (tertiary/aromatic N) is 1. The summed E-state index contributed by atoms with van der Waals surface area (Å²) < 4.78 is 0. The first-order valence-corrected chi connectivity index (χ1v) is 7.56. The highest BCUT2D eigenvalue weighted by atomic mass is 16.3. The van der Waals surface area contributed by atoms with E-state index in [1.165, 1.54) is 0 Å². The van der Waals surface area contributed by atoms with Crippen LogP contribution in [-0.4, -0.2) is 42.2 Å². The number of carbonyl (C=O) groups excluding carboxylic acids is 1. The first kappa shape index (κ1) is 17.5. The van der Waals surface area contributed by atoms with Crippen LogP contribution in [0.5, 0.6) is 0 Å². The van der Waals surface area contributed by atoms with Gasteiger partial charge in [-0.05, 0) is 56.6 Å². The third-order valence-electron chi connectivity index (χ3n) is 3.48. The van der Waals surface area contributed by atoms with Crippen molar-refractivity contribution in [3.63, 3.8) is 0 Å². The molecule has 1 amide bonds. The molecule has 0 aliphatic carbocycles. The standard InChI is InChI=1S/C16H27N3O2/c1-3-19(10-5-11-20)9-4-6-16(21)18-15-8-7-14(17)12-13(15)2/h7-8,12,20H,3-6,9-11,17H2,1-2H3,(H,18,21). The van der Waals surface area contributed by atoms with Crippen LogP contribution < -0.4 is 11.1 Å². The molecule has 5 heteroatoms. The number of carbonyl (C=O) groups is 1. The van der Waals surface area contributed by atoms with Crippen LogP contribution in [0.25, 0.3) is 0 Å². The summed E-state index contributed by atoms with van der Waals surface area (Å²) in [6.07, 6.45) is 2.10. The maximum atomic E-state index is 11.9. The molecule has 5 nitrogen and oxygen atoms in total. The van der Waals surface area contributed by atoms with E-state index in [0.29, 0.717) is 12.1 Å². The van der Waals surface area contributed by atoms with Gasteiger partial charge in [0.2, 0.25) is 5.91 Å². The summed E-state index contributed by atoms with van der Waals surface area (Å²) in [6.45, 7) is 6.94. The average molecular weight is 293 g/mol. The van der Waals surface area contributed by atoms with Crippen LogP contribution in [0.2, 0.25) is 0 Å². The molecule has 118 valence electrons. The molecule has 1 aromatic carbocycles. The topological polar surface area (TPSA) is 78.6 Å². The van der Waals surface area contributed by atoms with E-state index in [-0.39, 0.29) is 12.5 Å². The molecule has 0 unspecified atom stereocenters. The quantitative estimate of drug-likeness (QED) is 0.609. The van der Waals surface area contributed by atoms with Crippen LogP contribution in [0.1, 0.15) is 31.7 Å². The van der Waals surface area contributed by atoms with Crippen molar-refractivity contribution in [2.75, 3.05) is 37.3 Å². The zero-order valence-corrected chi connectivity index (χ0v) is 13.1. The van der Waals surface area contributed by atoms with E-state index in [1.807, 2.05) is 19.1 Å². The van der Waals surface area contributed by atoms with Crippen LogP contribution >= 0.6 is 0 Å². The minimum atomic E-state index is 0.0288. The number of aliphatic hydroxyl groups excluding tert-OH is 1. The van der Waals surface area contributed by atoms with E-state index in [4.69, 9.17) is 10.8 Å². The minimum Gasteiger partial charge on any atom is -0.399 e. The van der Waals surface area contributed by atoms with Crippen molar-refractivity contribution in [3.8, 4) is 0 Å². The van der Waals surface area contributed by atoms with Gasteiger partial charge in [0.1, 0.15) is 0 Å². The zero-order valence-electron chi connectivity index (χ0n) is 13.1. The second kappa shape index (κ2) is 9.37. The smallest absolute Gasteiger partial charge is 0.224 e. The van der Waals surface area contributed by atoms with Crippen LogP contribution in [-0.2, 0) is 4.79 Å². The molecule has 0 aliphatic heterocycles. The van der Waals surface area contributed by atoms with Gasteiger partial charge in [-0.2, -0.15) is 0 Å². The Kier molecular flexibility index (Phi) is 7.79. The lowest BCUT2D eigenvalue weighted by atomic mass is 10.1. The number of hydrogen-bond acceptors (Lipinski definition) is 4. The molecule has 0 atom stereocenters. The van der Waals surface area contributed by atoms with Crippen LogP contribution in [0.15, 0.2) is 18.2 Å². The van der Waals surface area contributed by atoms with Crippen LogP contribution in [0.4, 0.5) is 11.4 Å². The lowest BCUT2D eigenvalue weighted by Gasteiger charge is -2.19. The Hall–Kier alpha value is -1.59. The molecule has 0 heterocycles. The number of nitrogens with two attached hydrogens (primary N) is 1. The Morgan fingerprint density at radius 3 is 2.67 bits per heavy atom. The van der Waals surface area contributed by atoms with Crippen molar-refractivity contribution >= 4 is 17.3 Å². The van der Waals surface area contributed by atoms with Gasteiger partial charge in [0.15, 0.2) is 0 Å². The fourth-order valence-corrected chi connectivity index (χ4v) is 2.23. The molecule has 0 saturated heterocycles. The number of amides is 1. The summed E-state index contributed by atoms with van der Waals surface area (Å²) in [5.41, 5.74) is 8.19. The maximum Gasteiger partial charge on any atom is 0.224 e. The number of benzene rings is 1. The molecule has 0 bridgehead atoms. The van der Waals surface area contributed by atoms with Gasteiger partial charge < -0.3 is 21.1 Å². The van der Waals surface area contributed by atoms with Crippen molar-refractivity contribution in [1.82, 2.24) is 4.90 Å². The Bertz CT molecular complexity index is 449. The van der Waals surface area contributed by atoms with E-state index in [2.05, 4.69) is 17.1 Å². The van der Waals surface area contributed by atoms with Gasteiger partial charge in [0.25, 0.3) is 0 Å². The summed E-state index contributed by atoms with van der Waals surface area (Å²) >= 11 is 0. The maximum absolute atomic E-state index is 11.9. The summed E-state index contributed by atoms with van der Waals surface area (Å²) in [5.74, 6) is 0.0288. The summed E-state index contributed by atoms with van der Waals surface area (Å²) in [5, 5.41) is 11.8. The lowest BCUT2D eigenvalue weighted by molar-refractivity contribution is -0.116. The van der Waals surface area contributed by atoms with Crippen molar-refractivity contribution in [3.05, 3.63) is 23.8 Å². The monoisotopic (exact) mass is 293 g/mol. The number of aryl methyl sites for hydroxylation is 1. The number of aliphatic hydroxyl groups is 1. The van der Waals surface area contributed by atoms with Gasteiger partial charge in [0.05, 0.1) is 0 Å². The van der Waals surface area contributed by atoms with E-state index >= 15 is 0 Å². The number of nitrogens with one attached hydrogen (secondary N) is 1.